The van der Waals surface area contributed by atoms with Crippen molar-refractivity contribution in [3.63, 3.8) is 0 Å². The number of alkyl halides is 3. The number of amides is 1. The molecule has 1 aliphatic heterocycles. The number of carbonyl (C=O) groups excluding carboxylic acids is 1. The summed E-state index contributed by atoms with van der Waals surface area (Å²) in [6.45, 7) is 1.78. The van der Waals surface area contributed by atoms with E-state index in [9.17, 15) is 18.0 Å². The van der Waals surface area contributed by atoms with Crippen LogP contribution in [0.2, 0.25) is 0 Å². The topological polar surface area (TPSA) is 86.0 Å². The number of methoxy groups -OCH3 is 1. The van der Waals surface area contributed by atoms with E-state index in [0.717, 1.165) is 10.4 Å². The van der Waals surface area contributed by atoms with Crippen LogP contribution in [-0.2, 0) is 0 Å². The highest BCUT2D eigenvalue weighted by molar-refractivity contribution is 6.03. The minimum atomic E-state index is -4.56. The summed E-state index contributed by atoms with van der Waals surface area (Å²) in [4.78, 5) is 13.1. The zero-order valence-electron chi connectivity index (χ0n) is 19.5. The minimum absolute atomic E-state index is 0.106. The van der Waals surface area contributed by atoms with Crippen molar-refractivity contribution in [1.29, 1.82) is 0 Å². The number of halogens is 3. The van der Waals surface area contributed by atoms with E-state index in [1.807, 2.05) is 30.3 Å². The molecule has 2 N–H and O–H groups in total. The van der Waals surface area contributed by atoms with Crippen LogP contribution in [-0.4, -0.2) is 38.8 Å². The molecule has 2 aromatic heterocycles. The summed E-state index contributed by atoms with van der Waals surface area (Å²) < 4.78 is 49.7. The molecule has 2 aromatic carbocycles. The Bertz CT molecular complexity index is 1400. The van der Waals surface area contributed by atoms with Crippen LogP contribution in [0.4, 0.5) is 24.8 Å². The third-order valence-corrected chi connectivity index (χ3v) is 5.99. The van der Waals surface area contributed by atoms with Gasteiger partial charge in [-0.15, -0.1) is 0 Å². The maximum atomic E-state index is 14.0. The van der Waals surface area contributed by atoms with Crippen molar-refractivity contribution >= 4 is 17.5 Å². The second kappa shape index (κ2) is 9.06. The van der Waals surface area contributed by atoms with Gasteiger partial charge in [-0.1, -0.05) is 30.3 Å². The minimum Gasteiger partial charge on any atom is -0.497 e. The molecule has 0 aliphatic carbocycles. The second-order valence-electron chi connectivity index (χ2n) is 8.50. The number of nitrogens with zero attached hydrogens (tertiary/aromatic N) is 4. The van der Waals surface area contributed by atoms with Gasteiger partial charge < -0.3 is 15.4 Å². The lowest BCUT2D eigenvalue weighted by atomic mass is 9.97. The summed E-state index contributed by atoms with van der Waals surface area (Å²) >= 11 is 0. The maximum absolute atomic E-state index is 14.0. The number of benzene rings is 2. The van der Waals surface area contributed by atoms with Gasteiger partial charge in [-0.3, -0.25) is 4.79 Å². The number of anilines is 2. The first kappa shape index (κ1) is 23.5. The van der Waals surface area contributed by atoms with Gasteiger partial charge in [0.15, 0.2) is 11.7 Å². The molecular formula is C25H23F3N6O2. The van der Waals surface area contributed by atoms with Gasteiger partial charge in [0.05, 0.1) is 24.5 Å². The molecule has 0 saturated heterocycles. The van der Waals surface area contributed by atoms with Crippen molar-refractivity contribution in [2.24, 2.45) is 0 Å². The van der Waals surface area contributed by atoms with E-state index < -0.39 is 24.2 Å². The van der Waals surface area contributed by atoms with Gasteiger partial charge in [-0.2, -0.15) is 23.4 Å². The number of nitrogens with one attached hydrogen (secondary N) is 2. The molecule has 2 atom stereocenters. The maximum Gasteiger partial charge on any atom is 0.410 e. The van der Waals surface area contributed by atoms with Gasteiger partial charge in [0.1, 0.15) is 17.4 Å². The molecule has 4 aromatic rings. The standard InChI is InChI=1S/C25H23F3N6O2/c1-15-11-22(33(31-15)17-8-4-3-5-9-17)30-24(35)20-14-23-29-19(16-7-6-10-18(12-16)36-2)13-21(25(26,27)28)34(23)32-20/h3-12,14,19,21,29H,13H2,1-2H3,(H,30,35). The van der Waals surface area contributed by atoms with Gasteiger partial charge in [0.2, 0.25) is 0 Å². The zero-order valence-corrected chi connectivity index (χ0v) is 19.5. The van der Waals surface area contributed by atoms with E-state index in [-0.39, 0.29) is 17.9 Å². The number of fused-ring (bicyclic) bond motifs is 1. The molecule has 1 amide bonds. The fourth-order valence-corrected chi connectivity index (χ4v) is 4.30. The van der Waals surface area contributed by atoms with Crippen molar-refractivity contribution in [2.45, 2.75) is 31.6 Å². The smallest absolute Gasteiger partial charge is 0.410 e. The molecule has 1 aliphatic rings. The van der Waals surface area contributed by atoms with Crippen LogP contribution in [0.1, 0.15) is 40.3 Å². The molecule has 0 bridgehead atoms. The molecule has 2 unspecified atom stereocenters. The monoisotopic (exact) mass is 496 g/mol. The van der Waals surface area contributed by atoms with Crippen molar-refractivity contribution in [2.75, 3.05) is 17.7 Å². The number of aryl methyl sites for hydroxylation is 1. The molecule has 0 spiro atoms. The first-order valence-electron chi connectivity index (χ1n) is 11.2. The highest BCUT2D eigenvalue weighted by Gasteiger charge is 2.47. The van der Waals surface area contributed by atoms with Crippen LogP contribution in [0.5, 0.6) is 5.75 Å². The average molecular weight is 496 g/mol. The van der Waals surface area contributed by atoms with E-state index in [1.165, 1.54) is 13.2 Å². The Kier molecular flexibility index (Phi) is 5.91. The van der Waals surface area contributed by atoms with Crippen molar-refractivity contribution in [3.05, 3.63) is 83.7 Å². The summed E-state index contributed by atoms with van der Waals surface area (Å²) in [6, 6.07) is 16.5. The lowest BCUT2D eigenvalue weighted by Gasteiger charge is -2.33. The van der Waals surface area contributed by atoms with E-state index in [4.69, 9.17) is 4.74 Å². The Balaban J connectivity index is 1.45. The van der Waals surface area contributed by atoms with Gasteiger partial charge in [-0.05, 0) is 36.8 Å². The largest absolute Gasteiger partial charge is 0.497 e. The SMILES string of the molecule is COc1cccc(C2CC(C(F)(F)F)n3nc(C(=O)Nc4cc(C)nn4-c4ccccc4)cc3N2)c1. The van der Waals surface area contributed by atoms with Crippen LogP contribution in [0, 0.1) is 6.92 Å². The van der Waals surface area contributed by atoms with Crippen molar-refractivity contribution < 1.29 is 22.7 Å². The predicted molar refractivity (Wildman–Crippen MR) is 128 cm³/mol. The van der Waals surface area contributed by atoms with Crippen LogP contribution in [0.3, 0.4) is 0 Å². The number of rotatable bonds is 5. The Hall–Kier alpha value is -4.28. The molecule has 0 saturated carbocycles. The first-order chi connectivity index (χ1) is 17.2. The van der Waals surface area contributed by atoms with Gasteiger partial charge in [0, 0.05) is 18.6 Å². The highest BCUT2D eigenvalue weighted by atomic mass is 19.4. The van der Waals surface area contributed by atoms with Crippen LogP contribution in [0.15, 0.2) is 66.7 Å². The fourth-order valence-electron chi connectivity index (χ4n) is 4.30. The lowest BCUT2D eigenvalue weighted by molar-refractivity contribution is -0.173. The number of para-hydroxylation sites is 1. The number of ether oxygens (including phenoxy) is 1. The number of hydrogen-bond donors (Lipinski definition) is 2. The molecule has 36 heavy (non-hydrogen) atoms. The summed E-state index contributed by atoms with van der Waals surface area (Å²) in [6.07, 6.45) is -4.84. The van der Waals surface area contributed by atoms with Crippen molar-refractivity contribution in [3.8, 4) is 11.4 Å². The number of aromatic nitrogens is 4. The summed E-state index contributed by atoms with van der Waals surface area (Å²) in [5.74, 6) is 0.385. The van der Waals surface area contributed by atoms with Crippen molar-refractivity contribution in [1.82, 2.24) is 19.6 Å². The number of hydrogen-bond acceptors (Lipinski definition) is 5. The molecule has 11 heteroatoms. The van der Waals surface area contributed by atoms with Gasteiger partial charge in [-0.25, -0.2) is 9.36 Å². The van der Waals surface area contributed by atoms with Crippen LogP contribution >= 0.6 is 0 Å². The summed E-state index contributed by atoms with van der Waals surface area (Å²) in [5, 5.41) is 14.3. The zero-order chi connectivity index (χ0) is 25.4. The van der Waals surface area contributed by atoms with Gasteiger partial charge in [0.25, 0.3) is 5.91 Å². The third kappa shape index (κ3) is 4.51. The van der Waals surface area contributed by atoms with E-state index in [0.29, 0.717) is 22.8 Å². The number of carbonyl (C=O) groups is 1. The summed E-state index contributed by atoms with van der Waals surface area (Å²) in [7, 11) is 1.50. The molecule has 0 radical (unpaired) electrons. The molecule has 0 fully saturated rings. The molecule has 186 valence electrons. The Labute approximate surface area is 204 Å². The van der Waals surface area contributed by atoms with Crippen LogP contribution < -0.4 is 15.4 Å². The molecule has 8 nitrogen and oxygen atoms in total. The first-order valence-corrected chi connectivity index (χ1v) is 11.2. The summed E-state index contributed by atoms with van der Waals surface area (Å²) in [5.41, 5.74) is 1.89. The predicted octanol–water partition coefficient (Wildman–Crippen LogP) is 5.30. The quantitative estimate of drug-likeness (QED) is 0.392. The molecule has 3 heterocycles. The third-order valence-electron chi connectivity index (χ3n) is 5.99. The fraction of sp³-hybridized carbons (Fsp3) is 0.240. The normalized spacial score (nSPS) is 17.2. The Morgan fingerprint density at radius 3 is 2.58 bits per heavy atom. The Morgan fingerprint density at radius 2 is 1.86 bits per heavy atom. The van der Waals surface area contributed by atoms with E-state index in [2.05, 4.69) is 20.8 Å². The van der Waals surface area contributed by atoms with Gasteiger partial charge >= 0.3 is 6.18 Å². The molecule has 5 rings (SSSR count). The van der Waals surface area contributed by atoms with Crippen LogP contribution in [0.25, 0.3) is 5.69 Å². The second-order valence-corrected chi connectivity index (χ2v) is 8.50. The van der Waals surface area contributed by atoms with E-state index >= 15 is 0 Å². The molecular weight excluding hydrogens is 473 g/mol. The lowest BCUT2D eigenvalue weighted by Crippen LogP contribution is -2.35. The average Bonchev–Trinajstić information content (AvgIpc) is 3.46. The van der Waals surface area contributed by atoms with E-state index in [1.54, 1.807) is 41.9 Å². The highest BCUT2D eigenvalue weighted by Crippen LogP contribution is 2.44. The Morgan fingerprint density at radius 1 is 1.08 bits per heavy atom.